The maximum atomic E-state index is 12.5. The van der Waals surface area contributed by atoms with Crippen molar-refractivity contribution >= 4 is 33.1 Å². The van der Waals surface area contributed by atoms with Gasteiger partial charge in [0, 0.05) is 16.5 Å². The third-order valence-electron chi connectivity index (χ3n) is 3.83. The SMILES string of the molecule is CCOc1cccc2cc(-c3csc(Nc4ccccc4)n3)c(=O)oc12. The Labute approximate surface area is 153 Å². The van der Waals surface area contributed by atoms with Gasteiger partial charge in [-0.1, -0.05) is 30.3 Å². The Hall–Kier alpha value is -3.12. The molecular formula is C20H16N2O3S. The van der Waals surface area contributed by atoms with Crippen LogP contribution in [-0.2, 0) is 0 Å². The van der Waals surface area contributed by atoms with Gasteiger partial charge >= 0.3 is 5.63 Å². The number of aromatic nitrogens is 1. The van der Waals surface area contributed by atoms with Gasteiger partial charge in [-0.3, -0.25) is 0 Å². The van der Waals surface area contributed by atoms with Gasteiger partial charge in [0.05, 0.1) is 17.9 Å². The number of ether oxygens (including phenoxy) is 1. The quantitative estimate of drug-likeness (QED) is 0.502. The summed E-state index contributed by atoms with van der Waals surface area (Å²) >= 11 is 1.44. The topological polar surface area (TPSA) is 64.4 Å². The fraction of sp³-hybridized carbons (Fsp3) is 0.100. The first-order valence-corrected chi connectivity index (χ1v) is 9.10. The summed E-state index contributed by atoms with van der Waals surface area (Å²) < 4.78 is 11.1. The predicted molar refractivity (Wildman–Crippen MR) is 104 cm³/mol. The molecule has 0 unspecified atom stereocenters. The van der Waals surface area contributed by atoms with Gasteiger partial charge in [0.25, 0.3) is 0 Å². The first-order chi connectivity index (χ1) is 12.7. The molecular weight excluding hydrogens is 348 g/mol. The van der Waals surface area contributed by atoms with Gasteiger partial charge < -0.3 is 14.5 Å². The van der Waals surface area contributed by atoms with Crippen molar-refractivity contribution in [3.05, 3.63) is 70.4 Å². The molecule has 5 nitrogen and oxygen atoms in total. The van der Waals surface area contributed by atoms with E-state index in [1.165, 1.54) is 11.3 Å². The number of benzene rings is 2. The lowest BCUT2D eigenvalue weighted by Crippen LogP contribution is -2.04. The van der Waals surface area contributed by atoms with Gasteiger partial charge in [-0.15, -0.1) is 11.3 Å². The van der Waals surface area contributed by atoms with Gasteiger partial charge in [0.1, 0.15) is 0 Å². The van der Waals surface area contributed by atoms with E-state index in [1.54, 1.807) is 12.1 Å². The lowest BCUT2D eigenvalue weighted by molar-refractivity contribution is 0.337. The number of hydrogen-bond acceptors (Lipinski definition) is 6. The number of fused-ring (bicyclic) bond motifs is 1. The van der Waals surface area contributed by atoms with Crippen LogP contribution in [0.4, 0.5) is 10.8 Å². The van der Waals surface area contributed by atoms with Crippen LogP contribution in [0.2, 0.25) is 0 Å². The lowest BCUT2D eigenvalue weighted by atomic mass is 10.1. The number of nitrogens with zero attached hydrogens (tertiary/aromatic N) is 1. The fourth-order valence-electron chi connectivity index (χ4n) is 2.67. The second-order valence-corrected chi connectivity index (χ2v) is 6.44. The summed E-state index contributed by atoms with van der Waals surface area (Å²) in [7, 11) is 0. The number of nitrogens with one attached hydrogen (secondary N) is 1. The monoisotopic (exact) mass is 364 g/mol. The fourth-order valence-corrected chi connectivity index (χ4v) is 3.40. The van der Waals surface area contributed by atoms with Crippen LogP contribution >= 0.6 is 11.3 Å². The van der Waals surface area contributed by atoms with E-state index in [4.69, 9.17) is 9.15 Å². The molecule has 6 heteroatoms. The highest BCUT2D eigenvalue weighted by molar-refractivity contribution is 7.14. The average Bonchev–Trinajstić information content (AvgIpc) is 3.11. The molecule has 4 rings (SSSR count). The van der Waals surface area contributed by atoms with Crippen molar-refractivity contribution in [2.24, 2.45) is 0 Å². The van der Waals surface area contributed by atoms with E-state index >= 15 is 0 Å². The van der Waals surface area contributed by atoms with Crippen LogP contribution in [0.5, 0.6) is 5.75 Å². The van der Waals surface area contributed by atoms with Gasteiger partial charge in [-0.05, 0) is 31.2 Å². The van der Waals surface area contributed by atoms with Crippen LogP contribution in [0.3, 0.4) is 0 Å². The van der Waals surface area contributed by atoms with E-state index in [0.717, 1.165) is 11.1 Å². The molecule has 130 valence electrons. The second kappa shape index (κ2) is 7.01. The summed E-state index contributed by atoms with van der Waals surface area (Å²) in [5.41, 5.74) is 2.00. The third-order valence-corrected chi connectivity index (χ3v) is 4.59. The summed E-state index contributed by atoms with van der Waals surface area (Å²) in [5.74, 6) is 0.568. The van der Waals surface area contributed by atoms with E-state index in [9.17, 15) is 4.79 Å². The molecule has 4 aromatic rings. The van der Waals surface area contributed by atoms with Crippen LogP contribution in [0.1, 0.15) is 6.92 Å². The van der Waals surface area contributed by atoms with E-state index in [2.05, 4.69) is 10.3 Å². The molecule has 0 amide bonds. The summed E-state index contributed by atoms with van der Waals surface area (Å²) in [5, 5.41) is 6.59. The molecule has 0 saturated carbocycles. The Kier molecular flexibility index (Phi) is 4.41. The van der Waals surface area contributed by atoms with Gasteiger partial charge in [0.2, 0.25) is 0 Å². The highest BCUT2D eigenvalue weighted by atomic mass is 32.1. The molecule has 0 fully saturated rings. The summed E-state index contributed by atoms with van der Waals surface area (Å²) in [4.78, 5) is 17.0. The van der Waals surface area contributed by atoms with Crippen molar-refractivity contribution in [3.8, 4) is 17.0 Å². The Morgan fingerprint density at radius 3 is 2.81 bits per heavy atom. The lowest BCUT2D eigenvalue weighted by Gasteiger charge is -2.06. The maximum Gasteiger partial charge on any atom is 0.345 e. The van der Waals surface area contributed by atoms with Crippen molar-refractivity contribution in [2.45, 2.75) is 6.92 Å². The minimum Gasteiger partial charge on any atom is -0.490 e. The molecule has 0 bridgehead atoms. The summed E-state index contributed by atoms with van der Waals surface area (Å²) in [6.45, 7) is 2.40. The smallest absolute Gasteiger partial charge is 0.345 e. The molecule has 0 aliphatic rings. The van der Waals surface area contributed by atoms with Crippen molar-refractivity contribution in [3.63, 3.8) is 0 Å². The maximum absolute atomic E-state index is 12.5. The highest BCUT2D eigenvalue weighted by Gasteiger charge is 2.14. The molecule has 0 spiro atoms. The Balaban J connectivity index is 1.71. The molecule has 0 saturated heterocycles. The number of thiazole rings is 1. The van der Waals surface area contributed by atoms with E-state index < -0.39 is 5.63 Å². The van der Waals surface area contributed by atoms with Crippen LogP contribution in [0.25, 0.3) is 22.2 Å². The van der Waals surface area contributed by atoms with Crippen molar-refractivity contribution < 1.29 is 9.15 Å². The molecule has 2 heterocycles. The average molecular weight is 364 g/mol. The molecule has 26 heavy (non-hydrogen) atoms. The molecule has 0 aliphatic carbocycles. The number of anilines is 2. The molecule has 1 N–H and O–H groups in total. The van der Waals surface area contributed by atoms with Crippen LogP contribution in [0.15, 0.2) is 69.2 Å². The molecule has 2 aromatic heterocycles. The largest absolute Gasteiger partial charge is 0.490 e. The highest BCUT2D eigenvalue weighted by Crippen LogP contribution is 2.30. The molecule has 0 aliphatic heterocycles. The second-order valence-electron chi connectivity index (χ2n) is 5.58. The Morgan fingerprint density at radius 2 is 2.00 bits per heavy atom. The number of rotatable bonds is 5. The first kappa shape index (κ1) is 16.4. The van der Waals surface area contributed by atoms with Crippen molar-refractivity contribution in [1.29, 1.82) is 0 Å². The summed E-state index contributed by atoms with van der Waals surface area (Å²) in [6, 6.07) is 17.1. The third kappa shape index (κ3) is 3.19. The van der Waals surface area contributed by atoms with Gasteiger partial charge in [-0.25, -0.2) is 9.78 Å². The van der Waals surface area contributed by atoms with E-state index in [-0.39, 0.29) is 0 Å². The number of hydrogen-bond donors (Lipinski definition) is 1. The normalized spacial score (nSPS) is 10.8. The Bertz CT molecular complexity index is 1100. The Morgan fingerprint density at radius 1 is 1.15 bits per heavy atom. The van der Waals surface area contributed by atoms with Gasteiger partial charge in [-0.2, -0.15) is 0 Å². The zero-order valence-electron chi connectivity index (χ0n) is 14.1. The number of para-hydroxylation sites is 2. The van der Waals surface area contributed by atoms with Gasteiger partial charge in [0.15, 0.2) is 16.5 Å². The van der Waals surface area contributed by atoms with Crippen LogP contribution in [-0.4, -0.2) is 11.6 Å². The predicted octanol–water partition coefficient (Wildman–Crippen LogP) is 5.06. The summed E-state index contributed by atoms with van der Waals surface area (Å²) in [6.07, 6.45) is 0. The van der Waals surface area contributed by atoms with Crippen LogP contribution < -0.4 is 15.7 Å². The zero-order chi connectivity index (χ0) is 17.9. The van der Waals surface area contributed by atoms with Crippen molar-refractivity contribution in [1.82, 2.24) is 4.98 Å². The zero-order valence-corrected chi connectivity index (χ0v) is 14.9. The van der Waals surface area contributed by atoms with Crippen molar-refractivity contribution in [2.75, 3.05) is 11.9 Å². The minimum absolute atomic E-state index is 0.429. The van der Waals surface area contributed by atoms with E-state index in [0.29, 0.717) is 34.3 Å². The molecule has 2 aromatic carbocycles. The minimum atomic E-state index is -0.429. The molecule has 0 radical (unpaired) electrons. The first-order valence-electron chi connectivity index (χ1n) is 8.22. The van der Waals surface area contributed by atoms with Crippen LogP contribution in [0, 0.1) is 0 Å². The molecule has 0 atom stereocenters. The van der Waals surface area contributed by atoms with E-state index in [1.807, 2.05) is 54.8 Å². The standard InChI is InChI=1S/C20H16N2O3S/c1-2-24-17-10-6-7-13-11-15(19(23)25-18(13)17)16-12-26-20(22-16)21-14-8-4-3-5-9-14/h3-12H,2H2,1H3,(H,21,22).